The normalized spacial score (nSPS) is 20.9. The van der Waals surface area contributed by atoms with Crippen LogP contribution in [0.3, 0.4) is 0 Å². The number of rotatable bonds is 7. The van der Waals surface area contributed by atoms with Gasteiger partial charge in [0.1, 0.15) is 0 Å². The topological polar surface area (TPSA) is 79.8 Å². The maximum Gasteiger partial charge on any atom is 0.260 e. The molecule has 7 nitrogen and oxygen atoms in total. The zero-order valence-electron chi connectivity index (χ0n) is 21.2. The van der Waals surface area contributed by atoms with E-state index in [1.165, 1.54) is 11.3 Å². The van der Waals surface area contributed by atoms with E-state index in [4.69, 9.17) is 21.3 Å². The zero-order valence-corrected chi connectivity index (χ0v) is 23.5. The van der Waals surface area contributed by atoms with Gasteiger partial charge in [-0.25, -0.2) is 13.4 Å². The number of hydrogen-bond donors (Lipinski definition) is 0. The summed E-state index contributed by atoms with van der Waals surface area (Å²) in [6.07, 6.45) is 5.36. The lowest BCUT2D eigenvalue weighted by molar-refractivity contribution is 0.0917. The van der Waals surface area contributed by atoms with Gasteiger partial charge >= 0.3 is 0 Å². The van der Waals surface area contributed by atoms with Crippen LogP contribution in [0.15, 0.2) is 41.3 Å². The number of anilines is 1. The lowest BCUT2D eigenvalue weighted by atomic mass is 10.0. The SMILES string of the molecule is CCC1CCCCN1S(=O)(=O)c1ccc(C(=O)N(CC2CCCO2)c2nc3c(C)ccc(Cl)c3s2)cc1. The highest BCUT2D eigenvalue weighted by Crippen LogP contribution is 2.37. The van der Waals surface area contributed by atoms with Gasteiger partial charge in [-0.1, -0.05) is 42.3 Å². The molecule has 2 fully saturated rings. The first-order valence-corrected chi connectivity index (χ1v) is 15.5. The van der Waals surface area contributed by atoms with Gasteiger partial charge in [0.15, 0.2) is 5.13 Å². The Kier molecular flexibility index (Phi) is 7.88. The second kappa shape index (κ2) is 11.0. The number of aryl methyl sites for hydroxylation is 1. The van der Waals surface area contributed by atoms with Crippen LogP contribution < -0.4 is 4.90 Å². The summed E-state index contributed by atoms with van der Waals surface area (Å²) in [4.78, 5) is 20.4. The van der Waals surface area contributed by atoms with E-state index in [0.29, 0.717) is 35.4 Å². The monoisotopic (exact) mass is 561 g/mol. The molecule has 0 spiro atoms. The van der Waals surface area contributed by atoms with E-state index in [0.717, 1.165) is 54.3 Å². The second-order valence-electron chi connectivity index (χ2n) is 9.79. The fraction of sp³-hybridized carbons (Fsp3) is 0.481. The Labute approximate surface area is 227 Å². The number of carbonyl (C=O) groups excluding carboxylic acids is 1. The molecule has 0 N–H and O–H groups in total. The fourth-order valence-electron chi connectivity index (χ4n) is 5.21. The highest BCUT2D eigenvalue weighted by molar-refractivity contribution is 7.89. The molecule has 2 saturated heterocycles. The molecule has 2 aliphatic heterocycles. The fourth-order valence-corrected chi connectivity index (χ4v) is 8.30. The van der Waals surface area contributed by atoms with Gasteiger partial charge in [0.2, 0.25) is 10.0 Å². The highest BCUT2D eigenvalue weighted by atomic mass is 35.5. The molecule has 2 unspecified atom stereocenters. The molecule has 3 heterocycles. The molecule has 1 aromatic heterocycles. The number of fused-ring (bicyclic) bond motifs is 1. The first-order valence-electron chi connectivity index (χ1n) is 12.9. The smallest absolute Gasteiger partial charge is 0.260 e. The number of benzene rings is 2. The van der Waals surface area contributed by atoms with Crippen LogP contribution >= 0.6 is 22.9 Å². The van der Waals surface area contributed by atoms with Gasteiger partial charge in [-0.2, -0.15) is 4.31 Å². The number of ether oxygens (including phenoxy) is 1. The Balaban J connectivity index is 1.45. The van der Waals surface area contributed by atoms with Crippen LogP contribution in [0, 0.1) is 6.92 Å². The number of carbonyl (C=O) groups is 1. The molecule has 3 aromatic rings. The molecule has 5 rings (SSSR count). The minimum absolute atomic E-state index is 0.0243. The molecular formula is C27H32ClN3O4S2. The summed E-state index contributed by atoms with van der Waals surface area (Å²) in [5.41, 5.74) is 2.18. The molecule has 198 valence electrons. The van der Waals surface area contributed by atoms with Gasteiger partial charge in [-0.15, -0.1) is 0 Å². The summed E-state index contributed by atoms with van der Waals surface area (Å²) < 4.78 is 35.1. The largest absolute Gasteiger partial charge is 0.376 e. The van der Waals surface area contributed by atoms with E-state index in [-0.39, 0.29) is 22.9 Å². The predicted octanol–water partition coefficient (Wildman–Crippen LogP) is 6.04. The Morgan fingerprint density at radius 2 is 1.95 bits per heavy atom. The van der Waals surface area contributed by atoms with E-state index < -0.39 is 10.0 Å². The number of nitrogens with zero attached hydrogens (tertiary/aromatic N) is 3. The molecule has 2 atom stereocenters. The Bertz CT molecular complexity index is 1350. The van der Waals surface area contributed by atoms with Crippen LogP contribution in [0.4, 0.5) is 5.13 Å². The third-order valence-corrected chi connectivity index (χ3v) is 10.8. The van der Waals surface area contributed by atoms with E-state index >= 15 is 0 Å². The van der Waals surface area contributed by atoms with Crippen molar-refractivity contribution < 1.29 is 17.9 Å². The molecular weight excluding hydrogens is 530 g/mol. The van der Waals surface area contributed by atoms with Crippen molar-refractivity contribution in [2.45, 2.75) is 69.4 Å². The standard InChI is InChI=1S/C27H32ClN3O4S2/c1-3-20-7-4-5-15-31(20)37(33,34)22-12-10-19(11-13-22)26(32)30(17-21-8-6-16-35-21)27-29-24-18(2)9-14-23(28)25(24)36-27/h9-14,20-21H,3-8,15-17H2,1-2H3. The molecule has 0 aliphatic carbocycles. The van der Waals surface area contributed by atoms with Crippen LogP contribution in [-0.2, 0) is 14.8 Å². The number of piperidine rings is 1. The average molecular weight is 562 g/mol. The van der Waals surface area contributed by atoms with Gasteiger partial charge in [-0.05, 0) is 74.9 Å². The van der Waals surface area contributed by atoms with E-state index in [2.05, 4.69) is 0 Å². The number of thiazole rings is 1. The molecule has 2 aliphatic rings. The van der Waals surface area contributed by atoms with Crippen molar-refractivity contribution in [1.29, 1.82) is 0 Å². The van der Waals surface area contributed by atoms with Gasteiger partial charge in [0, 0.05) is 24.8 Å². The van der Waals surface area contributed by atoms with Crippen molar-refractivity contribution in [2.24, 2.45) is 0 Å². The third kappa shape index (κ3) is 5.29. The maximum absolute atomic E-state index is 13.8. The number of hydrogen-bond acceptors (Lipinski definition) is 6. The van der Waals surface area contributed by atoms with Gasteiger partial charge < -0.3 is 4.74 Å². The Hall–Kier alpha value is -2.04. The molecule has 37 heavy (non-hydrogen) atoms. The summed E-state index contributed by atoms with van der Waals surface area (Å²) in [7, 11) is -3.62. The molecule has 0 radical (unpaired) electrons. The predicted molar refractivity (Wildman–Crippen MR) is 148 cm³/mol. The summed E-state index contributed by atoms with van der Waals surface area (Å²) in [5.74, 6) is -0.239. The molecule has 0 saturated carbocycles. The lowest BCUT2D eigenvalue weighted by Crippen LogP contribution is -2.43. The first kappa shape index (κ1) is 26.6. The molecule has 2 aromatic carbocycles. The summed E-state index contributed by atoms with van der Waals surface area (Å²) >= 11 is 7.83. The van der Waals surface area contributed by atoms with Crippen molar-refractivity contribution in [3.05, 3.63) is 52.5 Å². The van der Waals surface area contributed by atoms with Crippen molar-refractivity contribution in [3.8, 4) is 0 Å². The summed E-state index contributed by atoms with van der Waals surface area (Å²) in [6.45, 7) is 5.59. The van der Waals surface area contributed by atoms with Gasteiger partial charge in [0.05, 0.1) is 32.8 Å². The minimum Gasteiger partial charge on any atom is -0.376 e. The summed E-state index contributed by atoms with van der Waals surface area (Å²) in [5, 5.41) is 1.16. The number of halogens is 1. The van der Waals surface area contributed by atoms with Crippen molar-refractivity contribution >= 4 is 54.2 Å². The molecule has 0 bridgehead atoms. The van der Waals surface area contributed by atoms with Crippen molar-refractivity contribution in [1.82, 2.24) is 9.29 Å². The van der Waals surface area contributed by atoms with Crippen molar-refractivity contribution in [3.63, 3.8) is 0 Å². The molecule has 1 amide bonds. The zero-order chi connectivity index (χ0) is 26.2. The van der Waals surface area contributed by atoms with Crippen molar-refractivity contribution in [2.75, 3.05) is 24.6 Å². The minimum atomic E-state index is -3.62. The number of aromatic nitrogens is 1. The van der Waals surface area contributed by atoms with E-state index in [9.17, 15) is 13.2 Å². The second-order valence-corrected chi connectivity index (χ2v) is 13.1. The van der Waals surface area contributed by atoms with Crippen LogP contribution in [0.25, 0.3) is 10.2 Å². The third-order valence-electron chi connectivity index (χ3n) is 7.32. The van der Waals surface area contributed by atoms with E-state index in [1.807, 2.05) is 26.0 Å². The van der Waals surface area contributed by atoms with Crippen LogP contribution in [0.2, 0.25) is 5.02 Å². The number of amides is 1. The average Bonchev–Trinajstić information content (AvgIpc) is 3.60. The quantitative estimate of drug-likeness (QED) is 0.351. The van der Waals surface area contributed by atoms with Crippen LogP contribution in [0.1, 0.15) is 61.4 Å². The highest BCUT2D eigenvalue weighted by Gasteiger charge is 2.33. The molecule has 10 heteroatoms. The van der Waals surface area contributed by atoms with E-state index in [1.54, 1.807) is 33.5 Å². The van der Waals surface area contributed by atoms with Gasteiger partial charge in [0.25, 0.3) is 5.91 Å². The maximum atomic E-state index is 13.8. The van der Waals surface area contributed by atoms with Crippen LogP contribution in [0.5, 0.6) is 0 Å². The lowest BCUT2D eigenvalue weighted by Gasteiger charge is -2.34. The summed E-state index contributed by atoms with van der Waals surface area (Å²) in [6, 6.07) is 10.1. The first-order chi connectivity index (χ1) is 17.8. The Morgan fingerprint density at radius 3 is 2.62 bits per heavy atom. The van der Waals surface area contributed by atoms with Gasteiger partial charge in [-0.3, -0.25) is 9.69 Å². The number of sulfonamides is 1. The Morgan fingerprint density at radius 1 is 1.16 bits per heavy atom. The van der Waals surface area contributed by atoms with Crippen LogP contribution in [-0.4, -0.2) is 55.5 Å².